The summed E-state index contributed by atoms with van der Waals surface area (Å²) in [5.41, 5.74) is 2.65. The van der Waals surface area contributed by atoms with Gasteiger partial charge in [0, 0.05) is 0 Å². The second kappa shape index (κ2) is 4.63. The lowest BCUT2D eigenvalue weighted by Crippen LogP contribution is -2.19. The van der Waals surface area contributed by atoms with Crippen LogP contribution < -0.4 is 0 Å². The molecule has 1 nitrogen and oxygen atoms in total. The maximum Gasteiger partial charge on any atom is 0.0821 e. The third-order valence-corrected chi connectivity index (χ3v) is 6.03. The van der Waals surface area contributed by atoms with Gasteiger partial charge in [-0.15, -0.1) is 0 Å². The van der Waals surface area contributed by atoms with Gasteiger partial charge in [0.15, 0.2) is 0 Å². The fourth-order valence-electron chi connectivity index (χ4n) is 4.67. The summed E-state index contributed by atoms with van der Waals surface area (Å²) in [6, 6.07) is 8.83. The van der Waals surface area contributed by atoms with Crippen molar-refractivity contribution in [2.45, 2.75) is 57.0 Å². The van der Waals surface area contributed by atoms with Crippen LogP contribution in [0.15, 0.2) is 24.3 Å². The van der Waals surface area contributed by atoms with Crippen molar-refractivity contribution in [3.05, 3.63) is 35.4 Å². The number of hydrogen-bond donors (Lipinski definition) is 1. The van der Waals surface area contributed by atoms with Crippen molar-refractivity contribution < 1.29 is 5.11 Å². The molecular weight excluding hydrogens is 232 g/mol. The number of rotatable bonds is 3. The third kappa shape index (κ3) is 2.03. The van der Waals surface area contributed by atoms with E-state index in [1.54, 1.807) is 0 Å². The minimum Gasteiger partial charge on any atom is -0.388 e. The topological polar surface area (TPSA) is 20.2 Å². The highest BCUT2D eigenvalue weighted by Gasteiger charge is 2.43. The number of fused-ring (bicyclic) bond motifs is 2. The highest BCUT2D eigenvalue weighted by atomic mass is 16.3. The lowest BCUT2D eigenvalue weighted by molar-refractivity contribution is 0.0744. The zero-order valence-electron chi connectivity index (χ0n) is 11.6. The van der Waals surface area contributed by atoms with Crippen LogP contribution in [0, 0.1) is 17.8 Å². The van der Waals surface area contributed by atoms with Gasteiger partial charge in [-0.25, -0.2) is 0 Å². The van der Waals surface area contributed by atoms with Crippen LogP contribution in [0.3, 0.4) is 0 Å². The average Bonchev–Trinajstić information content (AvgIpc) is 2.98. The van der Waals surface area contributed by atoms with E-state index in [4.69, 9.17) is 0 Å². The van der Waals surface area contributed by atoms with Gasteiger partial charge in [-0.05, 0) is 66.9 Å². The Hall–Kier alpha value is -0.820. The zero-order valence-corrected chi connectivity index (χ0v) is 11.6. The molecule has 0 aromatic heterocycles. The Bertz CT molecular complexity index is 463. The van der Waals surface area contributed by atoms with Gasteiger partial charge in [-0.3, -0.25) is 0 Å². The van der Waals surface area contributed by atoms with Crippen LogP contribution in [-0.4, -0.2) is 5.11 Å². The van der Waals surface area contributed by atoms with Gasteiger partial charge in [0.2, 0.25) is 0 Å². The van der Waals surface area contributed by atoms with Crippen molar-refractivity contribution in [2.75, 3.05) is 0 Å². The molecule has 4 unspecified atom stereocenters. The standard InChI is InChI=1S/C18H24O/c19-18(17-10-12-7-8-15(17)9-12)16-6-2-5-14(11-16)13-3-1-4-13/h2,5-6,11-13,15,17-19H,1,3-4,7-10H2. The van der Waals surface area contributed by atoms with Crippen molar-refractivity contribution >= 4 is 0 Å². The van der Waals surface area contributed by atoms with Crippen LogP contribution >= 0.6 is 0 Å². The predicted molar refractivity (Wildman–Crippen MR) is 76.9 cm³/mol. The fourth-order valence-corrected chi connectivity index (χ4v) is 4.67. The molecule has 0 heterocycles. The molecule has 3 aliphatic rings. The fraction of sp³-hybridized carbons (Fsp3) is 0.667. The van der Waals surface area contributed by atoms with Crippen LogP contribution in [0.2, 0.25) is 0 Å². The quantitative estimate of drug-likeness (QED) is 0.848. The molecule has 3 saturated carbocycles. The van der Waals surface area contributed by atoms with Crippen molar-refractivity contribution in [1.29, 1.82) is 0 Å². The highest BCUT2D eigenvalue weighted by molar-refractivity contribution is 5.29. The van der Waals surface area contributed by atoms with E-state index >= 15 is 0 Å². The van der Waals surface area contributed by atoms with Gasteiger partial charge in [0.05, 0.1) is 6.10 Å². The molecule has 3 aliphatic carbocycles. The first-order valence-corrected chi connectivity index (χ1v) is 8.09. The average molecular weight is 256 g/mol. The Balaban J connectivity index is 1.54. The number of aliphatic hydroxyl groups is 1. The van der Waals surface area contributed by atoms with Gasteiger partial charge >= 0.3 is 0 Å². The Labute approximate surface area is 116 Å². The summed E-state index contributed by atoms with van der Waals surface area (Å²) < 4.78 is 0. The Morgan fingerprint density at radius 2 is 1.95 bits per heavy atom. The largest absolute Gasteiger partial charge is 0.388 e. The summed E-state index contributed by atoms with van der Waals surface area (Å²) in [4.78, 5) is 0. The molecule has 2 bridgehead atoms. The van der Waals surface area contributed by atoms with E-state index in [1.807, 2.05) is 0 Å². The van der Waals surface area contributed by atoms with E-state index in [-0.39, 0.29) is 6.10 Å². The lowest BCUT2D eigenvalue weighted by atomic mass is 9.78. The Kier molecular flexibility index (Phi) is 2.91. The van der Waals surface area contributed by atoms with Gasteiger partial charge in [-0.1, -0.05) is 37.1 Å². The number of benzene rings is 1. The van der Waals surface area contributed by atoms with Crippen LogP contribution in [-0.2, 0) is 0 Å². The molecule has 1 aromatic rings. The minimum atomic E-state index is -0.213. The maximum atomic E-state index is 10.7. The molecule has 0 amide bonds. The molecule has 19 heavy (non-hydrogen) atoms. The molecule has 1 heteroatoms. The summed E-state index contributed by atoms with van der Waals surface area (Å²) >= 11 is 0. The van der Waals surface area contributed by atoms with Crippen molar-refractivity contribution in [1.82, 2.24) is 0 Å². The maximum absolute atomic E-state index is 10.7. The molecule has 0 aliphatic heterocycles. The van der Waals surface area contributed by atoms with Crippen molar-refractivity contribution in [3.63, 3.8) is 0 Å². The summed E-state index contributed by atoms with van der Waals surface area (Å²) in [6.07, 6.45) is 9.26. The van der Waals surface area contributed by atoms with Crippen LogP contribution in [0.1, 0.15) is 68.1 Å². The smallest absolute Gasteiger partial charge is 0.0821 e. The highest BCUT2D eigenvalue weighted by Crippen LogP contribution is 2.52. The molecule has 0 spiro atoms. The molecule has 0 radical (unpaired) electrons. The van der Waals surface area contributed by atoms with Crippen LogP contribution in [0.5, 0.6) is 0 Å². The second-order valence-electron chi connectivity index (χ2n) is 7.08. The van der Waals surface area contributed by atoms with Gasteiger partial charge in [0.25, 0.3) is 0 Å². The zero-order chi connectivity index (χ0) is 12.8. The molecule has 4 rings (SSSR count). The van der Waals surface area contributed by atoms with E-state index in [0.29, 0.717) is 5.92 Å². The molecular formula is C18H24O. The van der Waals surface area contributed by atoms with Crippen molar-refractivity contribution in [3.8, 4) is 0 Å². The SMILES string of the molecule is OC(c1cccc(C2CCC2)c1)C1CC2CCC1C2. The van der Waals surface area contributed by atoms with Gasteiger partial charge in [0.1, 0.15) is 0 Å². The summed E-state index contributed by atoms with van der Waals surface area (Å²) in [5, 5.41) is 10.7. The summed E-state index contributed by atoms with van der Waals surface area (Å²) in [5.74, 6) is 3.02. The molecule has 3 fully saturated rings. The van der Waals surface area contributed by atoms with E-state index < -0.39 is 0 Å². The third-order valence-electron chi connectivity index (χ3n) is 6.03. The van der Waals surface area contributed by atoms with E-state index in [0.717, 1.165) is 17.8 Å². The number of hydrogen-bond acceptors (Lipinski definition) is 1. The first kappa shape index (κ1) is 12.0. The molecule has 1 aromatic carbocycles. The van der Waals surface area contributed by atoms with E-state index in [1.165, 1.54) is 56.1 Å². The predicted octanol–water partition coefficient (Wildman–Crippen LogP) is 4.42. The second-order valence-corrected chi connectivity index (χ2v) is 7.08. The first-order valence-electron chi connectivity index (χ1n) is 8.09. The van der Waals surface area contributed by atoms with Crippen LogP contribution in [0.25, 0.3) is 0 Å². The van der Waals surface area contributed by atoms with Gasteiger partial charge in [-0.2, -0.15) is 0 Å². The lowest BCUT2D eigenvalue weighted by Gasteiger charge is -2.29. The minimum absolute atomic E-state index is 0.213. The van der Waals surface area contributed by atoms with Crippen molar-refractivity contribution in [2.24, 2.45) is 17.8 Å². The normalized spacial score (nSPS) is 35.3. The summed E-state index contributed by atoms with van der Waals surface area (Å²) in [7, 11) is 0. The Morgan fingerprint density at radius 1 is 1.05 bits per heavy atom. The van der Waals surface area contributed by atoms with Crippen LogP contribution in [0.4, 0.5) is 0 Å². The summed E-state index contributed by atoms with van der Waals surface area (Å²) in [6.45, 7) is 0. The molecule has 1 N–H and O–H groups in total. The van der Waals surface area contributed by atoms with Gasteiger partial charge < -0.3 is 5.11 Å². The molecule has 4 atom stereocenters. The Morgan fingerprint density at radius 3 is 2.58 bits per heavy atom. The molecule has 102 valence electrons. The van der Waals surface area contributed by atoms with E-state index in [9.17, 15) is 5.11 Å². The number of aliphatic hydroxyl groups excluding tert-OH is 1. The first-order chi connectivity index (χ1) is 9.31. The monoisotopic (exact) mass is 256 g/mol. The van der Waals surface area contributed by atoms with E-state index in [2.05, 4.69) is 24.3 Å². The molecule has 0 saturated heterocycles.